The number of hydrogen-bond donors (Lipinski definition) is 2. The van der Waals surface area contributed by atoms with Crippen LogP contribution in [0.5, 0.6) is 11.6 Å². The SMILES string of the molecule is COc1cccc(N=Cc2sc(=S)n(CC(=O)O)c2O)c1.[H-].[K+]. The van der Waals surface area contributed by atoms with E-state index >= 15 is 0 Å². The van der Waals surface area contributed by atoms with Crippen LogP contribution in [0.3, 0.4) is 0 Å². The van der Waals surface area contributed by atoms with Crippen LogP contribution in [0.4, 0.5) is 5.69 Å². The van der Waals surface area contributed by atoms with Crippen LogP contribution in [0.1, 0.15) is 6.30 Å². The van der Waals surface area contributed by atoms with Gasteiger partial charge in [-0.05, 0) is 24.4 Å². The molecular formula is C13H13KN2O4S2. The summed E-state index contributed by atoms with van der Waals surface area (Å²) in [6, 6.07) is 7.11. The van der Waals surface area contributed by atoms with E-state index in [1.165, 1.54) is 6.21 Å². The van der Waals surface area contributed by atoms with Crippen LogP contribution in [0.25, 0.3) is 0 Å². The molecular weight excluding hydrogens is 351 g/mol. The third-order valence-corrected chi connectivity index (χ3v) is 3.94. The Bertz CT molecular complexity index is 761. The molecule has 0 radical (unpaired) electrons. The first-order valence-electron chi connectivity index (χ1n) is 5.83. The number of carboxylic acid groups (broad SMARTS) is 1. The van der Waals surface area contributed by atoms with Gasteiger partial charge in [0.2, 0.25) is 5.88 Å². The van der Waals surface area contributed by atoms with Gasteiger partial charge in [-0.25, -0.2) is 0 Å². The second-order valence-corrected chi connectivity index (χ2v) is 5.67. The number of methoxy groups -OCH3 is 1. The first-order chi connectivity index (χ1) is 10.0. The fourth-order valence-corrected chi connectivity index (χ4v) is 2.77. The molecule has 0 aliphatic rings. The summed E-state index contributed by atoms with van der Waals surface area (Å²) in [5.41, 5.74) is 0.651. The Labute approximate surface area is 180 Å². The number of aliphatic imine (C=N–C) groups is 1. The quantitative estimate of drug-likeness (QED) is 0.441. The summed E-state index contributed by atoms with van der Waals surface area (Å²) >= 11 is 6.12. The molecule has 2 rings (SSSR count). The molecule has 9 heteroatoms. The van der Waals surface area contributed by atoms with Crippen molar-refractivity contribution >= 4 is 41.4 Å². The van der Waals surface area contributed by atoms with E-state index in [0.717, 1.165) is 15.9 Å². The van der Waals surface area contributed by atoms with E-state index in [1.54, 1.807) is 31.4 Å². The Balaban J connectivity index is 0.00000242. The molecule has 0 atom stereocenters. The van der Waals surface area contributed by atoms with Crippen molar-refractivity contribution in [3.63, 3.8) is 0 Å². The van der Waals surface area contributed by atoms with Gasteiger partial charge < -0.3 is 16.4 Å². The van der Waals surface area contributed by atoms with Gasteiger partial charge >= 0.3 is 57.4 Å². The van der Waals surface area contributed by atoms with Gasteiger partial charge in [0.25, 0.3) is 0 Å². The van der Waals surface area contributed by atoms with Gasteiger partial charge in [0.15, 0.2) is 3.95 Å². The monoisotopic (exact) mass is 364 g/mol. The van der Waals surface area contributed by atoms with Crippen LogP contribution < -0.4 is 56.1 Å². The van der Waals surface area contributed by atoms with Crippen molar-refractivity contribution in [2.24, 2.45) is 4.99 Å². The van der Waals surface area contributed by atoms with Crippen LogP contribution >= 0.6 is 23.6 Å². The van der Waals surface area contributed by atoms with Crippen LogP contribution in [0, 0.1) is 3.95 Å². The van der Waals surface area contributed by atoms with E-state index in [9.17, 15) is 9.90 Å². The molecule has 0 saturated heterocycles. The summed E-state index contributed by atoms with van der Waals surface area (Å²) in [7, 11) is 1.56. The predicted octanol–water partition coefficient (Wildman–Crippen LogP) is -0.0550. The fraction of sp³-hybridized carbons (Fsp3) is 0.154. The Morgan fingerprint density at radius 1 is 1.59 bits per heavy atom. The Kier molecular flexibility index (Phi) is 7.90. The van der Waals surface area contributed by atoms with Gasteiger partial charge in [0.05, 0.1) is 19.0 Å². The number of carboxylic acids is 1. The molecule has 0 aliphatic heterocycles. The molecule has 22 heavy (non-hydrogen) atoms. The number of aromatic nitrogens is 1. The summed E-state index contributed by atoms with van der Waals surface area (Å²) < 4.78 is 6.52. The van der Waals surface area contributed by atoms with Gasteiger partial charge in [-0.15, -0.1) is 0 Å². The van der Waals surface area contributed by atoms with Crippen molar-refractivity contribution in [1.82, 2.24) is 4.57 Å². The van der Waals surface area contributed by atoms with Gasteiger partial charge in [-0.3, -0.25) is 14.4 Å². The van der Waals surface area contributed by atoms with E-state index in [-0.39, 0.29) is 69.2 Å². The molecule has 1 aromatic carbocycles. The van der Waals surface area contributed by atoms with Crippen molar-refractivity contribution in [2.75, 3.05) is 7.11 Å². The summed E-state index contributed by atoms with van der Waals surface area (Å²) in [4.78, 5) is 15.3. The molecule has 112 valence electrons. The molecule has 2 N–H and O–H groups in total. The molecule has 1 heterocycles. The second kappa shape index (κ2) is 8.92. The minimum absolute atomic E-state index is 0. The number of thiazole rings is 1. The number of ether oxygens (including phenoxy) is 1. The molecule has 0 amide bonds. The molecule has 0 saturated carbocycles. The fourth-order valence-electron chi connectivity index (χ4n) is 1.60. The predicted molar refractivity (Wildman–Crippen MR) is 83.8 cm³/mol. The van der Waals surface area contributed by atoms with E-state index in [0.29, 0.717) is 16.3 Å². The van der Waals surface area contributed by atoms with Crippen molar-refractivity contribution in [2.45, 2.75) is 6.54 Å². The van der Waals surface area contributed by atoms with E-state index in [1.807, 2.05) is 0 Å². The molecule has 0 bridgehead atoms. The number of nitrogens with zero attached hydrogens (tertiary/aromatic N) is 2. The third kappa shape index (κ3) is 4.98. The van der Waals surface area contributed by atoms with Gasteiger partial charge in [-0.2, -0.15) is 0 Å². The van der Waals surface area contributed by atoms with Crippen LogP contribution in [-0.2, 0) is 11.3 Å². The summed E-state index contributed by atoms with van der Waals surface area (Å²) in [6.07, 6.45) is 1.45. The number of carbonyl (C=O) groups is 1. The number of aliphatic carboxylic acids is 1. The first-order valence-corrected chi connectivity index (χ1v) is 7.06. The zero-order valence-corrected chi connectivity index (χ0v) is 16.8. The molecule has 0 unspecified atom stereocenters. The number of rotatable bonds is 5. The second-order valence-electron chi connectivity index (χ2n) is 4.00. The topological polar surface area (TPSA) is 84.1 Å². The first kappa shape index (κ1) is 19.5. The normalized spacial score (nSPS) is 10.4. The third-order valence-electron chi connectivity index (χ3n) is 2.57. The molecule has 0 spiro atoms. The average molecular weight is 364 g/mol. The Morgan fingerprint density at radius 3 is 2.95 bits per heavy atom. The van der Waals surface area contributed by atoms with Crippen molar-refractivity contribution < 1.29 is 72.6 Å². The maximum atomic E-state index is 10.7. The summed E-state index contributed by atoms with van der Waals surface area (Å²) in [6.45, 7) is -0.381. The number of hydrogen-bond acceptors (Lipinski definition) is 6. The largest absolute Gasteiger partial charge is 1.00 e. The molecule has 0 fully saturated rings. The summed E-state index contributed by atoms with van der Waals surface area (Å²) in [5.74, 6) is -0.598. The smallest absolute Gasteiger partial charge is 1.00 e. The molecule has 2 aromatic rings. The van der Waals surface area contributed by atoms with Crippen LogP contribution in [-0.4, -0.2) is 34.1 Å². The van der Waals surface area contributed by atoms with Gasteiger partial charge in [-0.1, -0.05) is 17.4 Å². The van der Waals surface area contributed by atoms with E-state index < -0.39 is 5.97 Å². The van der Waals surface area contributed by atoms with Gasteiger partial charge in [0, 0.05) is 6.07 Å². The van der Waals surface area contributed by atoms with Crippen LogP contribution in [0.15, 0.2) is 29.3 Å². The van der Waals surface area contributed by atoms with Crippen LogP contribution in [0.2, 0.25) is 0 Å². The standard InChI is InChI=1S/C13H12N2O4S2.K.H/c1-19-9-4-2-3-8(5-9)14-6-10-12(18)15(7-11(16)17)13(20)21-10;;/h2-6,18H,7H2,1H3,(H,16,17);;/q;+1;-1. The Hall–Kier alpha value is -0.554. The molecule has 1 aromatic heterocycles. The zero-order valence-electron chi connectivity index (χ0n) is 13.0. The number of benzene rings is 1. The maximum absolute atomic E-state index is 10.7. The molecule has 0 aliphatic carbocycles. The van der Waals surface area contributed by atoms with E-state index in [2.05, 4.69) is 4.99 Å². The van der Waals surface area contributed by atoms with Crippen molar-refractivity contribution in [3.05, 3.63) is 33.1 Å². The van der Waals surface area contributed by atoms with Gasteiger partial charge in [0.1, 0.15) is 17.2 Å². The minimum Gasteiger partial charge on any atom is -1.00 e. The van der Waals surface area contributed by atoms with Crippen molar-refractivity contribution in [3.8, 4) is 11.6 Å². The number of aromatic hydroxyl groups is 1. The Morgan fingerprint density at radius 2 is 2.32 bits per heavy atom. The zero-order chi connectivity index (χ0) is 15.4. The summed E-state index contributed by atoms with van der Waals surface area (Å²) in [5, 5.41) is 18.7. The minimum atomic E-state index is -1.07. The van der Waals surface area contributed by atoms with Crippen molar-refractivity contribution in [1.29, 1.82) is 0 Å². The molecule has 6 nitrogen and oxygen atoms in total. The average Bonchev–Trinajstić information content (AvgIpc) is 2.72. The van der Waals surface area contributed by atoms with E-state index in [4.69, 9.17) is 22.1 Å². The maximum Gasteiger partial charge on any atom is 1.00 e.